The Morgan fingerprint density at radius 1 is 1.44 bits per heavy atom. The molecule has 2 rings (SSSR count). The Balaban J connectivity index is 2.06. The first-order valence-corrected chi connectivity index (χ1v) is 5.77. The first-order chi connectivity index (χ1) is 7.68. The van der Waals surface area contributed by atoms with Crippen molar-refractivity contribution in [3.05, 3.63) is 11.7 Å². The quantitative estimate of drug-likeness (QED) is 0.844. The van der Waals surface area contributed by atoms with Gasteiger partial charge in [0.05, 0.1) is 18.6 Å². The molecule has 3 unspecified atom stereocenters. The van der Waals surface area contributed by atoms with Gasteiger partial charge in [-0.25, -0.2) is 0 Å². The van der Waals surface area contributed by atoms with Crippen molar-refractivity contribution in [3.63, 3.8) is 0 Å². The van der Waals surface area contributed by atoms with Gasteiger partial charge in [0, 0.05) is 12.5 Å². The number of hydrogen-bond donors (Lipinski definition) is 1. The lowest BCUT2D eigenvalue weighted by Gasteiger charge is -2.18. The fourth-order valence-electron chi connectivity index (χ4n) is 1.75. The SMILES string of the molecule is CC(O)C(C)c1nc(C2CCCOC2)no1. The summed E-state index contributed by atoms with van der Waals surface area (Å²) in [6.45, 7) is 5.09. The number of rotatable bonds is 3. The minimum Gasteiger partial charge on any atom is -0.393 e. The molecule has 16 heavy (non-hydrogen) atoms. The van der Waals surface area contributed by atoms with Gasteiger partial charge < -0.3 is 14.4 Å². The van der Waals surface area contributed by atoms with Gasteiger partial charge in [-0.05, 0) is 19.8 Å². The van der Waals surface area contributed by atoms with E-state index in [9.17, 15) is 5.11 Å². The van der Waals surface area contributed by atoms with Gasteiger partial charge in [-0.3, -0.25) is 0 Å². The van der Waals surface area contributed by atoms with Crippen molar-refractivity contribution >= 4 is 0 Å². The molecule has 1 aromatic rings. The molecule has 0 amide bonds. The molecule has 0 bridgehead atoms. The largest absolute Gasteiger partial charge is 0.393 e. The van der Waals surface area contributed by atoms with E-state index in [1.165, 1.54) is 0 Å². The van der Waals surface area contributed by atoms with Crippen molar-refractivity contribution in [2.75, 3.05) is 13.2 Å². The van der Waals surface area contributed by atoms with Gasteiger partial charge in [-0.2, -0.15) is 4.98 Å². The fraction of sp³-hybridized carbons (Fsp3) is 0.818. The lowest BCUT2D eigenvalue weighted by atomic mass is 10.0. The summed E-state index contributed by atoms with van der Waals surface area (Å²) in [6, 6.07) is 0. The third-order valence-electron chi connectivity index (χ3n) is 3.10. The molecule has 0 saturated carbocycles. The number of aliphatic hydroxyl groups is 1. The van der Waals surface area contributed by atoms with Crippen LogP contribution in [0.25, 0.3) is 0 Å². The van der Waals surface area contributed by atoms with E-state index in [0.717, 1.165) is 19.4 Å². The molecule has 5 heteroatoms. The zero-order valence-electron chi connectivity index (χ0n) is 9.72. The molecule has 1 aromatic heterocycles. The first-order valence-electron chi connectivity index (χ1n) is 5.77. The summed E-state index contributed by atoms with van der Waals surface area (Å²) in [4.78, 5) is 4.34. The Morgan fingerprint density at radius 3 is 2.88 bits per heavy atom. The highest BCUT2D eigenvalue weighted by atomic mass is 16.5. The van der Waals surface area contributed by atoms with Crippen LogP contribution in [0.15, 0.2) is 4.52 Å². The monoisotopic (exact) mass is 226 g/mol. The van der Waals surface area contributed by atoms with E-state index < -0.39 is 6.10 Å². The maximum Gasteiger partial charge on any atom is 0.232 e. The van der Waals surface area contributed by atoms with E-state index in [4.69, 9.17) is 9.26 Å². The average molecular weight is 226 g/mol. The van der Waals surface area contributed by atoms with Crippen LogP contribution < -0.4 is 0 Å². The molecule has 1 N–H and O–H groups in total. The topological polar surface area (TPSA) is 68.4 Å². The summed E-state index contributed by atoms with van der Waals surface area (Å²) in [5.74, 6) is 1.34. The zero-order valence-corrected chi connectivity index (χ0v) is 9.72. The Morgan fingerprint density at radius 2 is 2.25 bits per heavy atom. The smallest absolute Gasteiger partial charge is 0.232 e. The van der Waals surface area contributed by atoms with Crippen LogP contribution in [-0.4, -0.2) is 34.6 Å². The van der Waals surface area contributed by atoms with Gasteiger partial charge >= 0.3 is 0 Å². The zero-order chi connectivity index (χ0) is 11.5. The highest BCUT2D eigenvalue weighted by molar-refractivity contribution is 5.00. The summed E-state index contributed by atoms with van der Waals surface area (Å²) < 4.78 is 10.5. The second kappa shape index (κ2) is 4.93. The molecule has 90 valence electrons. The summed E-state index contributed by atoms with van der Waals surface area (Å²) in [6.07, 6.45) is 1.61. The van der Waals surface area contributed by atoms with Crippen molar-refractivity contribution in [2.45, 2.75) is 44.6 Å². The molecule has 5 nitrogen and oxygen atoms in total. The molecular formula is C11H18N2O3. The van der Waals surface area contributed by atoms with Crippen molar-refractivity contribution < 1.29 is 14.4 Å². The molecule has 0 aromatic carbocycles. The van der Waals surface area contributed by atoms with Crippen molar-refractivity contribution in [2.24, 2.45) is 0 Å². The summed E-state index contributed by atoms with van der Waals surface area (Å²) in [5, 5.41) is 13.4. The lowest BCUT2D eigenvalue weighted by Crippen LogP contribution is -2.17. The first kappa shape index (κ1) is 11.5. The third-order valence-corrected chi connectivity index (χ3v) is 3.10. The van der Waals surface area contributed by atoms with Crippen molar-refractivity contribution in [1.82, 2.24) is 10.1 Å². The molecule has 0 aliphatic carbocycles. The molecule has 3 atom stereocenters. The molecule has 1 saturated heterocycles. The number of ether oxygens (including phenoxy) is 1. The molecular weight excluding hydrogens is 208 g/mol. The normalized spacial score (nSPS) is 25.3. The molecule has 1 aliphatic heterocycles. The van der Waals surface area contributed by atoms with E-state index in [1.807, 2.05) is 6.92 Å². The van der Waals surface area contributed by atoms with E-state index in [2.05, 4.69) is 10.1 Å². The van der Waals surface area contributed by atoms with Crippen LogP contribution in [0.3, 0.4) is 0 Å². The Bertz CT molecular complexity index is 332. The Labute approximate surface area is 94.8 Å². The minimum absolute atomic E-state index is 0.120. The Hall–Kier alpha value is -0.940. The molecule has 2 heterocycles. The molecule has 1 fully saturated rings. The summed E-state index contributed by atoms with van der Waals surface area (Å²) in [7, 11) is 0. The van der Waals surface area contributed by atoms with Crippen LogP contribution in [0.2, 0.25) is 0 Å². The minimum atomic E-state index is -0.476. The maximum absolute atomic E-state index is 9.44. The van der Waals surface area contributed by atoms with E-state index >= 15 is 0 Å². The van der Waals surface area contributed by atoms with Crippen LogP contribution in [0.1, 0.15) is 50.2 Å². The van der Waals surface area contributed by atoms with Crippen LogP contribution in [0.5, 0.6) is 0 Å². The lowest BCUT2D eigenvalue weighted by molar-refractivity contribution is 0.0773. The van der Waals surface area contributed by atoms with Crippen LogP contribution >= 0.6 is 0 Å². The standard InChI is InChI=1S/C11H18N2O3/c1-7(8(2)14)11-12-10(13-16-11)9-4-3-5-15-6-9/h7-9,14H,3-6H2,1-2H3. The van der Waals surface area contributed by atoms with Crippen molar-refractivity contribution in [1.29, 1.82) is 0 Å². The van der Waals surface area contributed by atoms with Gasteiger partial charge in [0.1, 0.15) is 0 Å². The highest BCUT2D eigenvalue weighted by Gasteiger charge is 2.24. The number of aromatic nitrogens is 2. The molecule has 0 spiro atoms. The van der Waals surface area contributed by atoms with Crippen LogP contribution in [0, 0.1) is 0 Å². The van der Waals surface area contributed by atoms with Crippen LogP contribution in [0.4, 0.5) is 0 Å². The third kappa shape index (κ3) is 2.41. The van der Waals surface area contributed by atoms with Gasteiger partial charge in [0.25, 0.3) is 0 Å². The predicted octanol–water partition coefficient (Wildman–Crippen LogP) is 1.45. The Kier molecular flexibility index (Phi) is 3.56. The second-order valence-electron chi connectivity index (χ2n) is 4.43. The van der Waals surface area contributed by atoms with Gasteiger partial charge in [0.2, 0.25) is 5.89 Å². The maximum atomic E-state index is 9.44. The predicted molar refractivity (Wildman–Crippen MR) is 57.2 cm³/mol. The molecule has 1 aliphatic rings. The number of nitrogens with zero attached hydrogens (tertiary/aromatic N) is 2. The van der Waals surface area contributed by atoms with E-state index in [0.29, 0.717) is 18.3 Å². The van der Waals surface area contributed by atoms with Gasteiger partial charge in [-0.15, -0.1) is 0 Å². The fourth-order valence-corrected chi connectivity index (χ4v) is 1.75. The van der Waals surface area contributed by atoms with E-state index in [1.54, 1.807) is 6.92 Å². The number of aliphatic hydroxyl groups excluding tert-OH is 1. The van der Waals surface area contributed by atoms with Crippen LogP contribution in [-0.2, 0) is 4.74 Å². The highest BCUT2D eigenvalue weighted by Crippen LogP contribution is 2.25. The summed E-state index contributed by atoms with van der Waals surface area (Å²) in [5.41, 5.74) is 0. The number of hydrogen-bond acceptors (Lipinski definition) is 5. The van der Waals surface area contributed by atoms with Crippen molar-refractivity contribution in [3.8, 4) is 0 Å². The molecule has 0 radical (unpaired) electrons. The van der Waals surface area contributed by atoms with Gasteiger partial charge in [0.15, 0.2) is 5.82 Å². The average Bonchev–Trinajstić information content (AvgIpc) is 2.78. The second-order valence-corrected chi connectivity index (χ2v) is 4.43. The van der Waals surface area contributed by atoms with Gasteiger partial charge in [-0.1, -0.05) is 12.1 Å². The van der Waals surface area contributed by atoms with E-state index in [-0.39, 0.29) is 11.8 Å². The summed E-state index contributed by atoms with van der Waals surface area (Å²) >= 11 is 0.